The fourth-order valence-corrected chi connectivity index (χ4v) is 2.66. The number of carbonyl (C=O) groups excluding carboxylic acids is 1. The van der Waals surface area contributed by atoms with Crippen LogP contribution in [-0.4, -0.2) is 72.2 Å². The predicted octanol–water partition coefficient (Wildman–Crippen LogP) is 0.174. The second kappa shape index (κ2) is 6.86. The molecule has 19 heavy (non-hydrogen) atoms. The van der Waals surface area contributed by atoms with Gasteiger partial charge in [0.05, 0.1) is 12.6 Å². The van der Waals surface area contributed by atoms with Gasteiger partial charge in [0.1, 0.15) is 0 Å². The van der Waals surface area contributed by atoms with Crippen LogP contribution < -0.4 is 0 Å². The summed E-state index contributed by atoms with van der Waals surface area (Å²) in [5.41, 5.74) is 0. The van der Waals surface area contributed by atoms with Crippen molar-refractivity contribution in [3.63, 3.8) is 0 Å². The topological polar surface area (TPSA) is 70.1 Å². The van der Waals surface area contributed by atoms with Crippen molar-refractivity contribution in [2.45, 2.75) is 31.8 Å². The Morgan fingerprint density at radius 1 is 1.21 bits per heavy atom. The Morgan fingerprint density at radius 2 is 1.95 bits per heavy atom. The number of ether oxygens (including phenoxy) is 1. The van der Waals surface area contributed by atoms with Gasteiger partial charge in [0, 0.05) is 39.2 Å². The molecule has 2 rings (SSSR count). The largest absolute Gasteiger partial charge is 0.480 e. The van der Waals surface area contributed by atoms with Crippen LogP contribution in [0.15, 0.2) is 0 Å². The summed E-state index contributed by atoms with van der Waals surface area (Å²) in [4.78, 5) is 26.3. The van der Waals surface area contributed by atoms with E-state index in [4.69, 9.17) is 9.84 Å². The Kier molecular flexibility index (Phi) is 5.15. The highest BCUT2D eigenvalue weighted by atomic mass is 16.5. The Hall–Kier alpha value is -1.14. The number of carbonyl (C=O) groups is 2. The molecule has 0 spiro atoms. The molecule has 0 saturated carbocycles. The van der Waals surface area contributed by atoms with E-state index in [0.29, 0.717) is 32.6 Å². The molecule has 2 heterocycles. The SMILES string of the molecule is O=C(O)CN1CCN(C(=O)CCC2CCCO2)CC1. The molecule has 2 aliphatic heterocycles. The van der Waals surface area contributed by atoms with Crippen LogP contribution >= 0.6 is 0 Å². The molecule has 0 aromatic carbocycles. The van der Waals surface area contributed by atoms with Crippen molar-refractivity contribution >= 4 is 11.9 Å². The van der Waals surface area contributed by atoms with Gasteiger partial charge >= 0.3 is 5.97 Å². The number of aliphatic carboxylic acids is 1. The minimum Gasteiger partial charge on any atom is -0.480 e. The van der Waals surface area contributed by atoms with E-state index >= 15 is 0 Å². The lowest BCUT2D eigenvalue weighted by Gasteiger charge is -2.34. The number of hydrogen-bond acceptors (Lipinski definition) is 4. The summed E-state index contributed by atoms with van der Waals surface area (Å²) in [6.45, 7) is 3.47. The third-order valence-corrected chi connectivity index (χ3v) is 3.79. The van der Waals surface area contributed by atoms with Gasteiger partial charge in [-0.15, -0.1) is 0 Å². The van der Waals surface area contributed by atoms with Gasteiger partial charge in [-0.05, 0) is 19.3 Å². The average Bonchev–Trinajstić information content (AvgIpc) is 2.89. The second-order valence-corrected chi connectivity index (χ2v) is 5.22. The first-order valence-electron chi connectivity index (χ1n) is 6.98. The van der Waals surface area contributed by atoms with Gasteiger partial charge in [0.15, 0.2) is 0 Å². The minimum absolute atomic E-state index is 0.0674. The first-order valence-corrected chi connectivity index (χ1v) is 6.98. The van der Waals surface area contributed by atoms with Gasteiger partial charge in [-0.3, -0.25) is 14.5 Å². The van der Waals surface area contributed by atoms with Crippen molar-refractivity contribution < 1.29 is 19.4 Å². The van der Waals surface area contributed by atoms with Crippen LogP contribution in [0.25, 0.3) is 0 Å². The molecule has 1 atom stereocenters. The van der Waals surface area contributed by atoms with E-state index in [0.717, 1.165) is 25.9 Å². The molecule has 6 nitrogen and oxygen atoms in total. The number of amides is 1. The van der Waals surface area contributed by atoms with E-state index in [9.17, 15) is 9.59 Å². The lowest BCUT2D eigenvalue weighted by atomic mass is 10.1. The van der Waals surface area contributed by atoms with Crippen LogP contribution in [0.2, 0.25) is 0 Å². The van der Waals surface area contributed by atoms with Crippen molar-refractivity contribution in [2.24, 2.45) is 0 Å². The molecule has 0 aliphatic carbocycles. The zero-order valence-corrected chi connectivity index (χ0v) is 11.2. The smallest absolute Gasteiger partial charge is 0.317 e. The molecule has 2 fully saturated rings. The zero-order valence-electron chi connectivity index (χ0n) is 11.2. The molecular weight excluding hydrogens is 248 g/mol. The first kappa shape index (κ1) is 14.3. The Morgan fingerprint density at radius 3 is 2.53 bits per heavy atom. The van der Waals surface area contributed by atoms with Gasteiger partial charge in [0.25, 0.3) is 0 Å². The molecule has 1 N–H and O–H groups in total. The molecule has 108 valence electrons. The van der Waals surface area contributed by atoms with Crippen molar-refractivity contribution in [2.75, 3.05) is 39.3 Å². The summed E-state index contributed by atoms with van der Waals surface area (Å²) < 4.78 is 5.51. The summed E-state index contributed by atoms with van der Waals surface area (Å²) >= 11 is 0. The number of carboxylic acids is 1. The zero-order chi connectivity index (χ0) is 13.7. The van der Waals surface area contributed by atoms with Crippen molar-refractivity contribution in [3.8, 4) is 0 Å². The maximum atomic E-state index is 12.0. The van der Waals surface area contributed by atoms with E-state index in [1.165, 1.54) is 0 Å². The fraction of sp³-hybridized carbons (Fsp3) is 0.846. The van der Waals surface area contributed by atoms with Crippen molar-refractivity contribution in [1.82, 2.24) is 9.80 Å². The monoisotopic (exact) mass is 270 g/mol. The number of piperazine rings is 1. The summed E-state index contributed by atoms with van der Waals surface area (Å²) in [6.07, 6.45) is 3.79. The van der Waals surface area contributed by atoms with Crippen LogP contribution in [0.5, 0.6) is 0 Å². The summed E-state index contributed by atoms with van der Waals surface area (Å²) in [6, 6.07) is 0. The van der Waals surface area contributed by atoms with Crippen LogP contribution in [0.4, 0.5) is 0 Å². The number of hydrogen-bond donors (Lipinski definition) is 1. The fourth-order valence-electron chi connectivity index (χ4n) is 2.66. The normalized spacial score (nSPS) is 24.6. The highest BCUT2D eigenvalue weighted by Gasteiger charge is 2.23. The molecule has 0 aromatic rings. The Balaban J connectivity index is 1.65. The second-order valence-electron chi connectivity index (χ2n) is 5.22. The first-order chi connectivity index (χ1) is 9.15. The Bertz CT molecular complexity index is 321. The van der Waals surface area contributed by atoms with Crippen LogP contribution in [0, 0.1) is 0 Å². The highest BCUT2D eigenvalue weighted by Crippen LogP contribution is 2.17. The lowest BCUT2D eigenvalue weighted by molar-refractivity contribution is -0.139. The number of rotatable bonds is 5. The molecule has 2 aliphatic rings. The standard InChI is InChI=1S/C13H22N2O4/c16-12(4-3-11-2-1-9-19-11)15-7-5-14(6-8-15)10-13(17)18/h11H,1-10H2,(H,17,18). The van der Waals surface area contributed by atoms with Crippen LogP contribution in [0.1, 0.15) is 25.7 Å². The van der Waals surface area contributed by atoms with E-state index in [1.807, 2.05) is 9.80 Å². The van der Waals surface area contributed by atoms with Crippen molar-refractivity contribution in [1.29, 1.82) is 0 Å². The van der Waals surface area contributed by atoms with Crippen LogP contribution in [0.3, 0.4) is 0 Å². The van der Waals surface area contributed by atoms with E-state index < -0.39 is 5.97 Å². The predicted molar refractivity (Wildman–Crippen MR) is 68.9 cm³/mol. The van der Waals surface area contributed by atoms with Crippen molar-refractivity contribution in [3.05, 3.63) is 0 Å². The Labute approximate surface area is 113 Å². The summed E-state index contributed by atoms with van der Waals surface area (Å²) in [5.74, 6) is -0.636. The van der Waals surface area contributed by atoms with Gasteiger partial charge in [-0.25, -0.2) is 0 Å². The third-order valence-electron chi connectivity index (χ3n) is 3.79. The highest BCUT2D eigenvalue weighted by molar-refractivity contribution is 5.76. The van der Waals surface area contributed by atoms with E-state index in [2.05, 4.69) is 0 Å². The van der Waals surface area contributed by atoms with Gasteiger partial charge < -0.3 is 14.7 Å². The quantitative estimate of drug-likeness (QED) is 0.771. The maximum absolute atomic E-state index is 12.0. The molecule has 1 amide bonds. The molecular formula is C13H22N2O4. The molecule has 1 unspecified atom stereocenters. The third kappa shape index (κ3) is 4.47. The van der Waals surface area contributed by atoms with Gasteiger partial charge in [-0.1, -0.05) is 0 Å². The molecule has 0 bridgehead atoms. The summed E-state index contributed by atoms with van der Waals surface area (Å²) in [7, 11) is 0. The number of nitrogens with zero attached hydrogens (tertiary/aromatic N) is 2. The van der Waals surface area contributed by atoms with Gasteiger partial charge in [0.2, 0.25) is 5.91 Å². The number of carboxylic acid groups (broad SMARTS) is 1. The van der Waals surface area contributed by atoms with E-state index in [1.54, 1.807) is 0 Å². The molecule has 0 radical (unpaired) electrons. The molecule has 6 heteroatoms. The maximum Gasteiger partial charge on any atom is 0.317 e. The van der Waals surface area contributed by atoms with Gasteiger partial charge in [-0.2, -0.15) is 0 Å². The molecule has 2 saturated heterocycles. The van der Waals surface area contributed by atoms with E-state index in [-0.39, 0.29) is 18.6 Å². The minimum atomic E-state index is -0.807. The lowest BCUT2D eigenvalue weighted by Crippen LogP contribution is -2.49. The van der Waals surface area contributed by atoms with Crippen LogP contribution in [-0.2, 0) is 14.3 Å². The average molecular weight is 270 g/mol. The molecule has 0 aromatic heterocycles. The summed E-state index contributed by atoms with van der Waals surface area (Å²) in [5, 5.41) is 8.71.